The van der Waals surface area contributed by atoms with Crippen LogP contribution in [-0.4, -0.2) is 46.7 Å². The second kappa shape index (κ2) is 6.37. The highest BCUT2D eigenvalue weighted by atomic mass is 32.2. The maximum Gasteiger partial charge on any atom is 0.238 e. The minimum Gasteiger partial charge on any atom is -0.497 e. The number of carbonyl (C=O) groups is 1. The van der Waals surface area contributed by atoms with Crippen LogP contribution in [0.4, 0.5) is 0 Å². The van der Waals surface area contributed by atoms with E-state index in [9.17, 15) is 9.00 Å². The zero-order chi connectivity index (χ0) is 14.7. The highest BCUT2D eigenvalue weighted by Crippen LogP contribution is 2.26. The molecule has 1 aliphatic rings. The first kappa shape index (κ1) is 15.0. The number of hydrogen-bond donors (Lipinski definition) is 1. The van der Waals surface area contributed by atoms with Crippen molar-refractivity contribution in [3.05, 3.63) is 29.8 Å². The third kappa shape index (κ3) is 3.19. The fourth-order valence-electron chi connectivity index (χ4n) is 2.50. The van der Waals surface area contributed by atoms with Crippen LogP contribution in [0.15, 0.2) is 24.3 Å². The van der Waals surface area contributed by atoms with Gasteiger partial charge in [-0.3, -0.25) is 14.3 Å². The minimum absolute atomic E-state index is 0.0452. The molecule has 0 spiro atoms. The summed E-state index contributed by atoms with van der Waals surface area (Å²) in [6.07, 6.45) is 1.50. The van der Waals surface area contributed by atoms with Crippen molar-refractivity contribution in [1.82, 2.24) is 10.2 Å². The molecule has 1 saturated heterocycles. The summed E-state index contributed by atoms with van der Waals surface area (Å²) in [5, 5.41) is 3.20. The van der Waals surface area contributed by atoms with Gasteiger partial charge in [0, 0.05) is 28.9 Å². The predicted molar refractivity (Wildman–Crippen MR) is 79.0 cm³/mol. The molecule has 1 amide bonds. The SMILES string of the molecule is COc1ccc(C2NCC(=O)N2C(C)CS(C)=O)cc1. The van der Waals surface area contributed by atoms with Gasteiger partial charge in [0.25, 0.3) is 0 Å². The lowest BCUT2D eigenvalue weighted by atomic mass is 10.1. The van der Waals surface area contributed by atoms with E-state index in [0.29, 0.717) is 12.3 Å². The van der Waals surface area contributed by atoms with Gasteiger partial charge in [0.2, 0.25) is 5.91 Å². The van der Waals surface area contributed by atoms with Crippen molar-refractivity contribution < 1.29 is 13.7 Å². The average Bonchev–Trinajstić information content (AvgIpc) is 2.80. The van der Waals surface area contributed by atoms with Crippen molar-refractivity contribution in [2.75, 3.05) is 25.7 Å². The number of rotatable bonds is 5. The van der Waals surface area contributed by atoms with E-state index in [1.165, 1.54) is 0 Å². The van der Waals surface area contributed by atoms with Crippen molar-refractivity contribution in [2.45, 2.75) is 19.1 Å². The fraction of sp³-hybridized carbons (Fsp3) is 0.500. The fourth-order valence-corrected chi connectivity index (χ4v) is 3.34. The number of nitrogens with one attached hydrogen (secondary N) is 1. The Morgan fingerprint density at radius 1 is 1.45 bits per heavy atom. The van der Waals surface area contributed by atoms with Gasteiger partial charge >= 0.3 is 0 Å². The van der Waals surface area contributed by atoms with Crippen molar-refractivity contribution in [1.29, 1.82) is 0 Å². The molecule has 6 heteroatoms. The van der Waals surface area contributed by atoms with Crippen molar-refractivity contribution >= 4 is 16.7 Å². The molecule has 5 nitrogen and oxygen atoms in total. The molecular formula is C14H20N2O3S. The Labute approximate surface area is 121 Å². The molecule has 0 saturated carbocycles. The number of amides is 1. The van der Waals surface area contributed by atoms with E-state index in [0.717, 1.165) is 11.3 Å². The molecule has 0 bridgehead atoms. The normalized spacial score (nSPS) is 21.9. The predicted octanol–water partition coefficient (Wildman–Crippen LogP) is 0.893. The smallest absolute Gasteiger partial charge is 0.238 e. The Morgan fingerprint density at radius 3 is 2.65 bits per heavy atom. The highest BCUT2D eigenvalue weighted by Gasteiger charge is 2.35. The molecule has 2 rings (SSSR count). The number of nitrogens with zero attached hydrogens (tertiary/aromatic N) is 1. The summed E-state index contributed by atoms with van der Waals surface area (Å²) in [4.78, 5) is 13.8. The van der Waals surface area contributed by atoms with E-state index in [1.54, 1.807) is 18.3 Å². The summed E-state index contributed by atoms with van der Waals surface area (Å²) in [5.74, 6) is 1.32. The van der Waals surface area contributed by atoms with Crippen LogP contribution in [0, 0.1) is 0 Å². The third-order valence-electron chi connectivity index (χ3n) is 3.40. The summed E-state index contributed by atoms with van der Waals surface area (Å²) in [5.41, 5.74) is 1.00. The van der Waals surface area contributed by atoms with Crippen molar-refractivity contribution in [3.8, 4) is 5.75 Å². The maximum absolute atomic E-state index is 12.0. The molecular weight excluding hydrogens is 276 g/mol. The summed E-state index contributed by atoms with van der Waals surface area (Å²) in [7, 11) is 0.698. The van der Waals surface area contributed by atoms with Crippen LogP contribution in [0.2, 0.25) is 0 Å². The van der Waals surface area contributed by atoms with Gasteiger partial charge in [0.05, 0.1) is 13.7 Å². The zero-order valence-electron chi connectivity index (χ0n) is 12.0. The van der Waals surface area contributed by atoms with E-state index < -0.39 is 10.8 Å². The van der Waals surface area contributed by atoms with Crippen LogP contribution in [0.25, 0.3) is 0 Å². The van der Waals surface area contributed by atoms with E-state index in [-0.39, 0.29) is 18.1 Å². The Bertz CT molecular complexity index is 504. The molecule has 1 N–H and O–H groups in total. The molecule has 0 aromatic heterocycles. The number of methoxy groups -OCH3 is 1. The molecule has 20 heavy (non-hydrogen) atoms. The van der Waals surface area contributed by atoms with Gasteiger partial charge in [-0.25, -0.2) is 0 Å². The maximum atomic E-state index is 12.0. The summed E-state index contributed by atoms with van der Waals surface area (Å²) in [6, 6.07) is 7.58. The first-order chi connectivity index (χ1) is 9.52. The molecule has 1 heterocycles. The van der Waals surface area contributed by atoms with Crippen LogP contribution >= 0.6 is 0 Å². The lowest BCUT2D eigenvalue weighted by Gasteiger charge is -2.30. The zero-order valence-corrected chi connectivity index (χ0v) is 12.8. The van der Waals surface area contributed by atoms with Crippen LogP contribution in [0.1, 0.15) is 18.7 Å². The summed E-state index contributed by atoms with van der Waals surface area (Å²) >= 11 is 0. The van der Waals surface area contributed by atoms with Gasteiger partial charge in [-0.1, -0.05) is 12.1 Å². The molecule has 1 aromatic carbocycles. The van der Waals surface area contributed by atoms with Gasteiger partial charge in [-0.15, -0.1) is 0 Å². The number of hydrogen-bond acceptors (Lipinski definition) is 4. The molecule has 3 unspecified atom stereocenters. The Kier molecular flexibility index (Phi) is 4.77. The van der Waals surface area contributed by atoms with Crippen LogP contribution in [0.3, 0.4) is 0 Å². The minimum atomic E-state index is -0.925. The summed E-state index contributed by atoms with van der Waals surface area (Å²) < 4.78 is 16.5. The quantitative estimate of drug-likeness (QED) is 0.877. The second-order valence-corrected chi connectivity index (χ2v) is 6.43. The van der Waals surface area contributed by atoms with E-state index in [2.05, 4.69) is 5.32 Å². The Morgan fingerprint density at radius 2 is 2.10 bits per heavy atom. The van der Waals surface area contributed by atoms with Crippen LogP contribution < -0.4 is 10.1 Å². The number of benzene rings is 1. The number of ether oxygens (including phenoxy) is 1. The Balaban J connectivity index is 2.20. The van der Waals surface area contributed by atoms with Crippen molar-refractivity contribution in [3.63, 3.8) is 0 Å². The monoisotopic (exact) mass is 296 g/mol. The van der Waals surface area contributed by atoms with Crippen LogP contribution in [0.5, 0.6) is 5.75 Å². The van der Waals surface area contributed by atoms with Gasteiger partial charge in [0.1, 0.15) is 11.9 Å². The molecule has 110 valence electrons. The third-order valence-corrected chi connectivity index (χ3v) is 4.35. The van der Waals surface area contributed by atoms with E-state index in [4.69, 9.17) is 4.74 Å². The molecule has 0 radical (unpaired) electrons. The summed E-state index contributed by atoms with van der Waals surface area (Å²) in [6.45, 7) is 2.25. The highest BCUT2D eigenvalue weighted by molar-refractivity contribution is 7.84. The molecule has 3 atom stereocenters. The first-order valence-electron chi connectivity index (χ1n) is 6.51. The second-order valence-electron chi connectivity index (χ2n) is 4.95. The van der Waals surface area contributed by atoms with Gasteiger partial charge in [0.15, 0.2) is 0 Å². The van der Waals surface area contributed by atoms with Gasteiger partial charge in [-0.05, 0) is 24.6 Å². The lowest BCUT2D eigenvalue weighted by molar-refractivity contribution is -0.129. The largest absolute Gasteiger partial charge is 0.497 e. The lowest BCUT2D eigenvalue weighted by Crippen LogP contribution is -2.40. The van der Waals surface area contributed by atoms with Crippen molar-refractivity contribution in [2.24, 2.45) is 0 Å². The molecule has 1 fully saturated rings. The standard InChI is InChI=1S/C14H20N2O3S/c1-10(9-20(3)18)16-13(17)8-15-14(16)11-4-6-12(19-2)7-5-11/h4-7,10,14-15H,8-9H2,1-3H3. The first-order valence-corrected chi connectivity index (χ1v) is 8.24. The molecule has 0 aliphatic carbocycles. The topological polar surface area (TPSA) is 58.6 Å². The van der Waals surface area contributed by atoms with Gasteiger partial charge < -0.3 is 9.64 Å². The van der Waals surface area contributed by atoms with Crippen LogP contribution in [-0.2, 0) is 15.6 Å². The average molecular weight is 296 g/mol. The molecule has 1 aromatic rings. The molecule has 1 aliphatic heterocycles. The Hall–Kier alpha value is -1.40. The van der Waals surface area contributed by atoms with Gasteiger partial charge in [-0.2, -0.15) is 0 Å². The van der Waals surface area contributed by atoms with E-state index in [1.807, 2.05) is 31.2 Å². The van der Waals surface area contributed by atoms with E-state index >= 15 is 0 Å². The number of carbonyl (C=O) groups excluding carboxylic acids is 1.